The second kappa shape index (κ2) is 6.75. The van der Waals surface area contributed by atoms with Crippen molar-refractivity contribution in [3.8, 4) is 17.3 Å². The second-order valence-corrected chi connectivity index (χ2v) is 7.13. The molecule has 1 atom stereocenters. The number of aliphatic hydroxyl groups excluding tert-OH is 1. The quantitative estimate of drug-likeness (QED) is 0.776. The minimum atomic E-state index is -0.803. The van der Waals surface area contributed by atoms with Crippen LogP contribution in [0.1, 0.15) is 39.9 Å². The van der Waals surface area contributed by atoms with Gasteiger partial charge >= 0.3 is 0 Å². The van der Waals surface area contributed by atoms with Gasteiger partial charge in [0.2, 0.25) is 0 Å². The van der Waals surface area contributed by atoms with Crippen molar-refractivity contribution in [1.29, 1.82) is 5.26 Å². The number of nitriles is 1. The minimum absolute atomic E-state index is 0.367. The summed E-state index contributed by atoms with van der Waals surface area (Å²) in [6.07, 6.45) is -0.245. The summed E-state index contributed by atoms with van der Waals surface area (Å²) in [5, 5.41) is 24.0. The molecule has 3 aromatic rings. The Morgan fingerprint density at radius 3 is 2.80 bits per heavy atom. The molecule has 25 heavy (non-hydrogen) atoms. The second-order valence-electron chi connectivity index (χ2n) is 5.85. The molecule has 2 heterocycles. The Kier molecular flexibility index (Phi) is 4.66. The van der Waals surface area contributed by atoms with Crippen LogP contribution in [0.15, 0.2) is 24.3 Å². The largest absolute Gasteiger partial charge is 0.389 e. The van der Waals surface area contributed by atoms with E-state index in [1.54, 1.807) is 42.1 Å². The van der Waals surface area contributed by atoms with E-state index in [1.165, 1.54) is 12.1 Å². The van der Waals surface area contributed by atoms with Gasteiger partial charge in [-0.05, 0) is 43.7 Å². The molecule has 5 nitrogen and oxygen atoms in total. The Balaban J connectivity index is 2.08. The molecule has 7 heteroatoms. The lowest BCUT2D eigenvalue weighted by molar-refractivity contribution is 0.199. The molecular formula is C18H17FN4OS. The zero-order valence-electron chi connectivity index (χ0n) is 14.1. The van der Waals surface area contributed by atoms with Crippen LogP contribution in [-0.4, -0.2) is 19.9 Å². The monoisotopic (exact) mass is 356 g/mol. The highest BCUT2D eigenvalue weighted by atomic mass is 32.1. The van der Waals surface area contributed by atoms with Crippen LogP contribution in [0.25, 0.3) is 11.3 Å². The van der Waals surface area contributed by atoms with Crippen LogP contribution >= 0.6 is 11.3 Å². The Morgan fingerprint density at radius 1 is 1.40 bits per heavy atom. The third kappa shape index (κ3) is 3.45. The predicted octanol–water partition coefficient (Wildman–Crippen LogP) is 3.51. The predicted molar refractivity (Wildman–Crippen MR) is 93.6 cm³/mol. The normalized spacial score (nSPS) is 12.2. The van der Waals surface area contributed by atoms with Gasteiger partial charge in [-0.15, -0.1) is 11.3 Å². The average molecular weight is 356 g/mol. The number of halogens is 1. The number of nitrogens with zero attached hydrogens (tertiary/aromatic N) is 4. The molecule has 2 aromatic heterocycles. The number of thiazole rings is 1. The average Bonchev–Trinajstić information content (AvgIpc) is 3.10. The Hall–Kier alpha value is -2.56. The molecule has 3 rings (SSSR count). The lowest BCUT2D eigenvalue weighted by atomic mass is 9.99. The van der Waals surface area contributed by atoms with E-state index in [1.807, 2.05) is 13.0 Å². The van der Waals surface area contributed by atoms with Crippen LogP contribution in [0, 0.1) is 24.1 Å². The Labute approximate surface area is 149 Å². The van der Waals surface area contributed by atoms with E-state index in [9.17, 15) is 9.50 Å². The molecule has 0 spiro atoms. The third-order valence-corrected chi connectivity index (χ3v) is 4.93. The number of aliphatic hydroxyl groups is 1. The fourth-order valence-corrected chi connectivity index (χ4v) is 3.75. The molecule has 0 amide bonds. The molecule has 128 valence electrons. The van der Waals surface area contributed by atoms with Crippen molar-refractivity contribution in [2.45, 2.75) is 26.4 Å². The number of aryl methyl sites for hydroxylation is 2. The zero-order valence-corrected chi connectivity index (χ0v) is 14.9. The first-order valence-electron chi connectivity index (χ1n) is 7.76. The molecule has 0 saturated carbocycles. The summed E-state index contributed by atoms with van der Waals surface area (Å²) < 4.78 is 15.3. The van der Waals surface area contributed by atoms with Crippen LogP contribution in [0.3, 0.4) is 0 Å². The molecule has 0 bridgehead atoms. The zero-order chi connectivity index (χ0) is 18.1. The van der Waals surface area contributed by atoms with E-state index in [2.05, 4.69) is 10.1 Å². The maximum absolute atomic E-state index is 13.6. The summed E-state index contributed by atoms with van der Waals surface area (Å²) in [7, 11) is 1.79. The van der Waals surface area contributed by atoms with Crippen LogP contribution < -0.4 is 0 Å². The Morgan fingerprint density at radius 2 is 2.16 bits per heavy atom. The highest BCUT2D eigenvalue weighted by molar-refractivity contribution is 7.12. The highest BCUT2D eigenvalue weighted by Crippen LogP contribution is 2.34. The van der Waals surface area contributed by atoms with Gasteiger partial charge in [0.25, 0.3) is 0 Å². The molecule has 0 fully saturated rings. The molecule has 1 N–H and O–H groups in total. The van der Waals surface area contributed by atoms with Gasteiger partial charge < -0.3 is 5.11 Å². The van der Waals surface area contributed by atoms with Crippen molar-refractivity contribution in [3.63, 3.8) is 0 Å². The van der Waals surface area contributed by atoms with Crippen LogP contribution in [0.2, 0.25) is 0 Å². The summed E-state index contributed by atoms with van der Waals surface area (Å²) in [6, 6.07) is 8.15. The van der Waals surface area contributed by atoms with Crippen molar-refractivity contribution in [3.05, 3.63) is 56.9 Å². The molecular weight excluding hydrogens is 339 g/mol. The van der Waals surface area contributed by atoms with E-state index in [0.29, 0.717) is 17.7 Å². The number of aromatic nitrogens is 3. The van der Waals surface area contributed by atoms with Crippen molar-refractivity contribution in [2.75, 3.05) is 0 Å². The summed E-state index contributed by atoms with van der Waals surface area (Å²) in [5.41, 5.74) is 3.22. The summed E-state index contributed by atoms with van der Waals surface area (Å²) in [4.78, 5) is 5.58. The van der Waals surface area contributed by atoms with Crippen molar-refractivity contribution in [1.82, 2.24) is 14.8 Å². The van der Waals surface area contributed by atoms with Crippen molar-refractivity contribution < 1.29 is 9.50 Å². The van der Waals surface area contributed by atoms with Gasteiger partial charge in [0.05, 0.1) is 16.8 Å². The van der Waals surface area contributed by atoms with E-state index in [-0.39, 0.29) is 0 Å². The number of hydrogen-bond acceptors (Lipinski definition) is 5. The first-order valence-corrected chi connectivity index (χ1v) is 8.58. The van der Waals surface area contributed by atoms with Gasteiger partial charge in [-0.2, -0.15) is 10.4 Å². The van der Waals surface area contributed by atoms with Gasteiger partial charge in [-0.1, -0.05) is 0 Å². The molecule has 0 aliphatic heterocycles. The first kappa shape index (κ1) is 17.3. The van der Waals surface area contributed by atoms with E-state index in [0.717, 1.165) is 26.8 Å². The van der Waals surface area contributed by atoms with Gasteiger partial charge in [0, 0.05) is 29.6 Å². The molecule has 0 aliphatic carbocycles. The van der Waals surface area contributed by atoms with E-state index in [4.69, 9.17) is 5.26 Å². The lowest BCUT2D eigenvalue weighted by Gasteiger charge is -2.12. The van der Waals surface area contributed by atoms with Gasteiger partial charge in [0.1, 0.15) is 11.9 Å². The SMILES string of the molecule is Cc1nc(-c2ccc(F)cc2[C@@H](C)O)c(Cc2cc(C#N)nn2C)s1. The van der Waals surface area contributed by atoms with Gasteiger partial charge in [-0.3, -0.25) is 4.68 Å². The lowest BCUT2D eigenvalue weighted by Crippen LogP contribution is -2.01. The smallest absolute Gasteiger partial charge is 0.162 e. The summed E-state index contributed by atoms with van der Waals surface area (Å²) in [6.45, 7) is 3.52. The fourth-order valence-electron chi connectivity index (χ4n) is 2.78. The molecule has 0 unspecified atom stereocenters. The van der Waals surface area contributed by atoms with Gasteiger partial charge in [-0.25, -0.2) is 9.37 Å². The summed E-state index contributed by atoms with van der Waals surface area (Å²) >= 11 is 1.54. The number of hydrogen-bond donors (Lipinski definition) is 1. The molecule has 0 saturated heterocycles. The third-order valence-electron chi connectivity index (χ3n) is 3.96. The van der Waals surface area contributed by atoms with Crippen molar-refractivity contribution >= 4 is 11.3 Å². The number of rotatable bonds is 4. The molecule has 1 aromatic carbocycles. The Bertz CT molecular complexity index is 968. The fraction of sp³-hybridized carbons (Fsp3) is 0.278. The van der Waals surface area contributed by atoms with Crippen LogP contribution in [-0.2, 0) is 13.5 Å². The van der Waals surface area contributed by atoms with Crippen LogP contribution in [0.4, 0.5) is 4.39 Å². The summed E-state index contributed by atoms with van der Waals surface area (Å²) in [5.74, 6) is -0.390. The first-order chi connectivity index (χ1) is 11.9. The van der Waals surface area contributed by atoms with Gasteiger partial charge in [0.15, 0.2) is 5.69 Å². The minimum Gasteiger partial charge on any atom is -0.389 e. The van der Waals surface area contributed by atoms with E-state index >= 15 is 0 Å². The van der Waals surface area contributed by atoms with Crippen molar-refractivity contribution in [2.24, 2.45) is 7.05 Å². The number of benzene rings is 1. The van der Waals surface area contributed by atoms with E-state index < -0.39 is 11.9 Å². The molecule has 0 radical (unpaired) electrons. The maximum atomic E-state index is 13.6. The van der Waals surface area contributed by atoms with Crippen LogP contribution in [0.5, 0.6) is 0 Å². The standard InChI is InChI=1S/C18H17FN4OS/c1-10(24)16-6-12(19)4-5-15(16)18-17(25-11(2)21-18)8-14-7-13(9-20)22-23(14)3/h4-7,10,24H,8H2,1-3H3/t10-/m1/s1. The highest BCUT2D eigenvalue weighted by Gasteiger charge is 2.19. The topological polar surface area (TPSA) is 74.7 Å². The maximum Gasteiger partial charge on any atom is 0.162 e. The molecule has 0 aliphatic rings.